The summed E-state index contributed by atoms with van der Waals surface area (Å²) in [6, 6.07) is 14.5. The molecule has 5 heteroatoms. The molecule has 0 spiro atoms. The zero-order valence-corrected chi connectivity index (χ0v) is 18.8. The predicted molar refractivity (Wildman–Crippen MR) is 132 cm³/mol. The molecule has 166 valence electrons. The molecule has 2 fully saturated rings. The monoisotopic (exact) mass is 436 g/mol. The Bertz CT molecular complexity index is 1290. The minimum atomic E-state index is -0.0264. The average molecular weight is 437 g/mol. The van der Waals surface area contributed by atoms with Crippen LogP contribution in [0, 0.1) is 11.8 Å². The van der Waals surface area contributed by atoms with E-state index in [0.717, 1.165) is 61.5 Å². The first kappa shape index (κ1) is 20.1. The zero-order chi connectivity index (χ0) is 22.2. The van der Waals surface area contributed by atoms with Crippen molar-refractivity contribution in [3.63, 3.8) is 0 Å². The molecular weight excluding hydrogens is 408 g/mol. The molecule has 5 nitrogen and oxygen atoms in total. The first-order valence-corrected chi connectivity index (χ1v) is 12.1. The summed E-state index contributed by atoms with van der Waals surface area (Å²) in [6.07, 6.45) is 10.8. The van der Waals surface area contributed by atoms with Crippen LogP contribution in [0.1, 0.15) is 60.3 Å². The van der Waals surface area contributed by atoms with Crippen LogP contribution >= 0.6 is 0 Å². The molecule has 1 aromatic carbocycles. The molecule has 1 saturated carbocycles. The van der Waals surface area contributed by atoms with Crippen molar-refractivity contribution in [2.45, 2.75) is 44.4 Å². The molecule has 2 aromatic heterocycles. The quantitative estimate of drug-likeness (QED) is 0.573. The average Bonchev–Trinajstić information content (AvgIpc) is 3.63. The maximum atomic E-state index is 13.6. The number of fused-ring (bicyclic) bond motifs is 1. The fourth-order valence-corrected chi connectivity index (χ4v) is 5.04. The van der Waals surface area contributed by atoms with Gasteiger partial charge in [0, 0.05) is 37.6 Å². The number of rotatable bonds is 3. The van der Waals surface area contributed by atoms with Crippen LogP contribution in [0.3, 0.4) is 0 Å². The van der Waals surface area contributed by atoms with Crippen molar-refractivity contribution in [2.75, 3.05) is 29.5 Å². The maximum Gasteiger partial charge on any atom is 0.285 e. The summed E-state index contributed by atoms with van der Waals surface area (Å²) in [5, 5.41) is 2.08. The van der Waals surface area contributed by atoms with Crippen LogP contribution in [-0.4, -0.2) is 29.3 Å². The number of benzene rings is 1. The van der Waals surface area contributed by atoms with Crippen molar-refractivity contribution >= 4 is 11.5 Å². The molecule has 3 aromatic rings. The van der Waals surface area contributed by atoms with Crippen LogP contribution in [0.5, 0.6) is 0 Å². The molecule has 0 N–H and O–H groups in total. The summed E-state index contributed by atoms with van der Waals surface area (Å²) in [7, 11) is 0. The first-order valence-electron chi connectivity index (χ1n) is 12.1. The fourth-order valence-electron chi connectivity index (χ4n) is 5.04. The van der Waals surface area contributed by atoms with Crippen molar-refractivity contribution in [3.8, 4) is 11.8 Å². The van der Waals surface area contributed by atoms with E-state index in [0.29, 0.717) is 11.5 Å². The highest BCUT2D eigenvalue weighted by Gasteiger charge is 2.29. The van der Waals surface area contributed by atoms with Gasteiger partial charge in [-0.25, -0.2) is 9.66 Å². The van der Waals surface area contributed by atoms with Crippen molar-refractivity contribution in [3.05, 3.63) is 87.5 Å². The van der Waals surface area contributed by atoms with E-state index in [4.69, 9.17) is 0 Å². The normalized spacial score (nSPS) is 17.5. The Morgan fingerprint density at radius 3 is 2.55 bits per heavy atom. The summed E-state index contributed by atoms with van der Waals surface area (Å²) in [5.74, 6) is 7.95. The van der Waals surface area contributed by atoms with Gasteiger partial charge < -0.3 is 4.90 Å². The summed E-state index contributed by atoms with van der Waals surface area (Å²) in [5.41, 5.74) is 4.93. The topological polar surface area (TPSA) is 41.4 Å². The van der Waals surface area contributed by atoms with E-state index in [1.807, 2.05) is 24.5 Å². The molecule has 33 heavy (non-hydrogen) atoms. The van der Waals surface area contributed by atoms with E-state index in [-0.39, 0.29) is 5.56 Å². The second-order valence-electron chi connectivity index (χ2n) is 9.27. The van der Waals surface area contributed by atoms with Gasteiger partial charge in [-0.05, 0) is 79.8 Å². The van der Waals surface area contributed by atoms with Crippen LogP contribution in [-0.2, 0) is 6.42 Å². The minimum Gasteiger partial charge on any atom is -0.357 e. The third kappa shape index (κ3) is 3.91. The second kappa shape index (κ2) is 8.44. The number of hydrogen-bond donors (Lipinski definition) is 0. The number of anilines is 2. The number of nitrogens with zero attached hydrogens (tertiary/aromatic N) is 4. The first-order chi connectivity index (χ1) is 16.3. The lowest BCUT2D eigenvalue weighted by Crippen LogP contribution is -2.38. The highest BCUT2D eigenvalue weighted by molar-refractivity contribution is 5.58. The third-order valence-corrected chi connectivity index (χ3v) is 7.01. The van der Waals surface area contributed by atoms with Crippen LogP contribution in [0.15, 0.2) is 59.7 Å². The Balaban J connectivity index is 1.33. The van der Waals surface area contributed by atoms with E-state index < -0.39 is 0 Å². The van der Waals surface area contributed by atoms with E-state index in [2.05, 4.69) is 57.1 Å². The van der Waals surface area contributed by atoms with Gasteiger partial charge in [0.15, 0.2) is 0 Å². The number of aromatic nitrogens is 2. The van der Waals surface area contributed by atoms with Crippen molar-refractivity contribution in [2.24, 2.45) is 0 Å². The Morgan fingerprint density at radius 2 is 1.76 bits per heavy atom. The summed E-state index contributed by atoms with van der Waals surface area (Å²) < 4.78 is 1.75. The smallest absolute Gasteiger partial charge is 0.285 e. The lowest BCUT2D eigenvalue weighted by molar-refractivity contribution is 0.573. The van der Waals surface area contributed by atoms with Gasteiger partial charge in [0.2, 0.25) is 0 Å². The standard InChI is InChI=1S/C28H28N4O/c33-28-25(12-8-21-9-13-27(29-20-21)30-16-4-1-5-17-30)24(22-10-11-22)15-19-32(28)31-18-14-23-6-2-3-7-26(23)31/h2-3,6-7,9,13,15,19-20,22H,1,4-5,10-11,14,16-18H2. The van der Waals surface area contributed by atoms with E-state index in [1.54, 1.807) is 4.68 Å². The van der Waals surface area contributed by atoms with E-state index in [9.17, 15) is 4.79 Å². The van der Waals surface area contributed by atoms with E-state index >= 15 is 0 Å². The molecule has 1 aliphatic carbocycles. The van der Waals surface area contributed by atoms with Gasteiger partial charge in [0.1, 0.15) is 5.82 Å². The van der Waals surface area contributed by atoms with Gasteiger partial charge in [0.05, 0.1) is 11.3 Å². The maximum absolute atomic E-state index is 13.6. The van der Waals surface area contributed by atoms with Gasteiger partial charge in [-0.15, -0.1) is 0 Å². The third-order valence-electron chi connectivity index (χ3n) is 7.01. The molecule has 0 bridgehead atoms. The number of pyridine rings is 2. The largest absolute Gasteiger partial charge is 0.357 e. The van der Waals surface area contributed by atoms with Gasteiger partial charge in [-0.2, -0.15) is 0 Å². The number of para-hydroxylation sites is 1. The molecular formula is C28H28N4O. The lowest BCUT2D eigenvalue weighted by atomic mass is 10.1. The summed E-state index contributed by atoms with van der Waals surface area (Å²) >= 11 is 0. The van der Waals surface area contributed by atoms with Gasteiger partial charge in [0.25, 0.3) is 5.56 Å². The molecule has 3 aliphatic rings. The predicted octanol–water partition coefficient (Wildman–Crippen LogP) is 4.34. The Labute approximate surface area is 194 Å². The second-order valence-corrected chi connectivity index (χ2v) is 9.27. The highest BCUT2D eigenvalue weighted by Crippen LogP contribution is 2.41. The molecule has 1 saturated heterocycles. The number of hydrogen-bond acceptors (Lipinski definition) is 4. The molecule has 0 unspecified atom stereocenters. The summed E-state index contributed by atoms with van der Waals surface area (Å²) in [4.78, 5) is 20.6. The van der Waals surface area contributed by atoms with Crippen LogP contribution in [0.25, 0.3) is 0 Å². The summed E-state index contributed by atoms with van der Waals surface area (Å²) in [6.45, 7) is 2.95. The molecule has 2 aliphatic heterocycles. The fraction of sp³-hybridized carbons (Fsp3) is 0.357. The lowest BCUT2D eigenvalue weighted by Gasteiger charge is -2.27. The zero-order valence-electron chi connectivity index (χ0n) is 18.8. The van der Waals surface area contributed by atoms with Crippen molar-refractivity contribution < 1.29 is 0 Å². The van der Waals surface area contributed by atoms with Crippen molar-refractivity contribution in [1.29, 1.82) is 0 Å². The molecule has 0 amide bonds. The molecule has 0 atom stereocenters. The van der Waals surface area contributed by atoms with Crippen molar-refractivity contribution in [1.82, 2.24) is 9.66 Å². The highest BCUT2D eigenvalue weighted by atomic mass is 16.1. The van der Waals surface area contributed by atoms with Gasteiger partial charge >= 0.3 is 0 Å². The Morgan fingerprint density at radius 1 is 0.909 bits per heavy atom. The van der Waals surface area contributed by atoms with Crippen LogP contribution in [0.2, 0.25) is 0 Å². The minimum absolute atomic E-state index is 0.0264. The Hall–Kier alpha value is -3.52. The van der Waals surface area contributed by atoms with Gasteiger partial charge in [-0.3, -0.25) is 9.80 Å². The van der Waals surface area contributed by atoms with Crippen LogP contribution in [0.4, 0.5) is 11.5 Å². The SMILES string of the molecule is O=c1c(C#Cc2ccc(N3CCCCC3)nc2)c(C2CC2)ccn1N1CCc2ccccc21. The molecule has 4 heterocycles. The number of piperidine rings is 1. The van der Waals surface area contributed by atoms with Crippen LogP contribution < -0.4 is 15.5 Å². The van der Waals surface area contributed by atoms with Gasteiger partial charge in [-0.1, -0.05) is 30.0 Å². The Kier molecular flexibility index (Phi) is 5.14. The molecule has 6 rings (SSSR count). The van der Waals surface area contributed by atoms with E-state index in [1.165, 1.54) is 24.8 Å². The molecule has 0 radical (unpaired) electrons.